The lowest BCUT2D eigenvalue weighted by Crippen LogP contribution is -2.11. The topological polar surface area (TPSA) is 96.8 Å². The molecule has 2 rings (SSSR count). The van der Waals surface area contributed by atoms with Crippen LogP contribution in [0, 0.1) is 24.1 Å². The minimum Gasteiger partial charge on any atom is -0.436 e. The van der Waals surface area contributed by atoms with E-state index in [9.17, 15) is 4.39 Å². The van der Waals surface area contributed by atoms with Crippen molar-refractivity contribution >= 4 is 5.95 Å². The number of hydrazine groups is 1. The average molecular weight is 259 g/mol. The fourth-order valence-corrected chi connectivity index (χ4v) is 1.38. The second-order valence-corrected chi connectivity index (χ2v) is 3.69. The van der Waals surface area contributed by atoms with Gasteiger partial charge in [-0.2, -0.15) is 14.6 Å². The molecule has 1 heterocycles. The van der Waals surface area contributed by atoms with E-state index >= 15 is 0 Å². The number of nitrogen functional groups attached to an aromatic ring is 1. The molecule has 0 amide bonds. The lowest BCUT2D eigenvalue weighted by Gasteiger charge is -2.09. The largest absolute Gasteiger partial charge is 0.436 e. The van der Waals surface area contributed by atoms with Crippen molar-refractivity contribution in [3.63, 3.8) is 0 Å². The quantitative estimate of drug-likeness (QED) is 0.645. The summed E-state index contributed by atoms with van der Waals surface area (Å²) in [5.74, 6) is 4.54. The molecule has 1 aromatic carbocycles. The second kappa shape index (κ2) is 5.29. The molecule has 0 spiro atoms. The minimum atomic E-state index is -0.722. The first kappa shape index (κ1) is 12.7. The molecule has 7 heteroatoms. The number of rotatable bonds is 3. The maximum Gasteiger partial charge on any atom is 0.260 e. The highest BCUT2D eigenvalue weighted by atomic mass is 19.1. The maximum absolute atomic E-state index is 13.5. The smallest absolute Gasteiger partial charge is 0.260 e. The number of nitriles is 1. The molecule has 1 aromatic heterocycles. The molecule has 0 unspecified atom stereocenters. The van der Waals surface area contributed by atoms with Crippen LogP contribution in [0.15, 0.2) is 24.4 Å². The van der Waals surface area contributed by atoms with Crippen LogP contribution in [-0.4, -0.2) is 9.97 Å². The van der Waals surface area contributed by atoms with E-state index < -0.39 is 5.82 Å². The van der Waals surface area contributed by atoms with Crippen molar-refractivity contribution in [1.29, 1.82) is 5.26 Å². The van der Waals surface area contributed by atoms with Crippen LogP contribution in [0.4, 0.5) is 10.3 Å². The molecule has 3 N–H and O–H groups in total. The predicted octanol–water partition coefficient (Wildman–Crippen LogP) is 1.87. The van der Waals surface area contributed by atoms with Gasteiger partial charge in [0.15, 0.2) is 0 Å². The lowest BCUT2D eigenvalue weighted by atomic mass is 10.1. The summed E-state index contributed by atoms with van der Waals surface area (Å²) in [6.45, 7) is 1.78. The molecule has 0 aliphatic rings. The SMILES string of the molecule is Cc1ccc(C#N)cc1Oc1nc(NN)ncc1F. The molecule has 19 heavy (non-hydrogen) atoms. The standard InChI is InChI=1S/C12H10FN5O/c1-7-2-3-8(5-14)4-10(7)19-11-9(13)6-16-12(17-11)18-15/h2-4,6H,15H2,1H3,(H,16,17,18). The Morgan fingerprint density at radius 3 is 2.95 bits per heavy atom. The van der Waals surface area contributed by atoms with E-state index in [1.54, 1.807) is 19.1 Å². The molecule has 0 aliphatic heterocycles. The van der Waals surface area contributed by atoms with Gasteiger partial charge >= 0.3 is 0 Å². The van der Waals surface area contributed by atoms with Crippen LogP contribution in [-0.2, 0) is 0 Å². The van der Waals surface area contributed by atoms with Gasteiger partial charge in [0.25, 0.3) is 5.88 Å². The summed E-state index contributed by atoms with van der Waals surface area (Å²) in [5.41, 5.74) is 3.36. The number of ether oxygens (including phenoxy) is 1. The van der Waals surface area contributed by atoms with Gasteiger partial charge in [0.2, 0.25) is 11.8 Å². The van der Waals surface area contributed by atoms with Crippen molar-refractivity contribution in [1.82, 2.24) is 9.97 Å². The highest BCUT2D eigenvalue weighted by Crippen LogP contribution is 2.26. The van der Waals surface area contributed by atoms with Crippen molar-refractivity contribution in [3.05, 3.63) is 41.3 Å². The Bertz CT molecular complexity index is 653. The zero-order valence-electron chi connectivity index (χ0n) is 10.0. The lowest BCUT2D eigenvalue weighted by molar-refractivity contribution is 0.418. The second-order valence-electron chi connectivity index (χ2n) is 3.69. The molecule has 0 atom stereocenters. The zero-order valence-corrected chi connectivity index (χ0v) is 10.0. The first-order valence-corrected chi connectivity index (χ1v) is 5.32. The fourth-order valence-electron chi connectivity index (χ4n) is 1.38. The van der Waals surface area contributed by atoms with E-state index in [2.05, 4.69) is 15.4 Å². The van der Waals surface area contributed by atoms with Crippen LogP contribution >= 0.6 is 0 Å². The Morgan fingerprint density at radius 1 is 1.47 bits per heavy atom. The number of benzene rings is 1. The Morgan fingerprint density at radius 2 is 2.26 bits per heavy atom. The fraction of sp³-hybridized carbons (Fsp3) is 0.0833. The minimum absolute atomic E-state index is 0.0329. The third-order valence-corrected chi connectivity index (χ3v) is 2.36. The first-order valence-electron chi connectivity index (χ1n) is 5.32. The summed E-state index contributed by atoms with van der Waals surface area (Å²) >= 11 is 0. The maximum atomic E-state index is 13.5. The van der Waals surface area contributed by atoms with E-state index in [0.717, 1.165) is 11.8 Å². The van der Waals surface area contributed by atoms with Gasteiger partial charge in [-0.25, -0.2) is 10.8 Å². The van der Waals surface area contributed by atoms with Crippen LogP contribution < -0.4 is 16.0 Å². The van der Waals surface area contributed by atoms with Crippen molar-refractivity contribution < 1.29 is 9.13 Å². The van der Waals surface area contributed by atoms with E-state index in [0.29, 0.717) is 11.3 Å². The van der Waals surface area contributed by atoms with E-state index in [1.807, 2.05) is 6.07 Å². The number of aryl methyl sites for hydroxylation is 1. The molecule has 0 fully saturated rings. The number of hydrogen-bond donors (Lipinski definition) is 2. The number of aromatic nitrogens is 2. The third kappa shape index (κ3) is 2.75. The van der Waals surface area contributed by atoms with E-state index in [4.69, 9.17) is 15.8 Å². The normalized spacial score (nSPS) is 9.79. The van der Waals surface area contributed by atoms with Gasteiger partial charge < -0.3 is 4.74 Å². The number of nitrogens with one attached hydrogen (secondary N) is 1. The first-order chi connectivity index (χ1) is 9.13. The molecule has 0 saturated carbocycles. The Balaban J connectivity index is 2.38. The molecule has 2 aromatic rings. The van der Waals surface area contributed by atoms with E-state index in [-0.39, 0.29) is 11.8 Å². The summed E-state index contributed by atoms with van der Waals surface area (Å²) < 4.78 is 18.9. The number of hydrogen-bond acceptors (Lipinski definition) is 6. The monoisotopic (exact) mass is 259 g/mol. The molecule has 0 aliphatic carbocycles. The van der Waals surface area contributed by atoms with Gasteiger partial charge in [0, 0.05) is 0 Å². The summed E-state index contributed by atoms with van der Waals surface area (Å²) in [6.07, 6.45) is 0.945. The molecule has 96 valence electrons. The highest BCUT2D eigenvalue weighted by Gasteiger charge is 2.11. The zero-order chi connectivity index (χ0) is 13.8. The van der Waals surface area contributed by atoms with Crippen molar-refractivity contribution in [2.24, 2.45) is 5.84 Å². The van der Waals surface area contributed by atoms with Gasteiger partial charge in [-0.3, -0.25) is 5.43 Å². The van der Waals surface area contributed by atoms with E-state index in [1.165, 1.54) is 6.07 Å². The van der Waals surface area contributed by atoms with Crippen LogP contribution in [0.1, 0.15) is 11.1 Å². The summed E-state index contributed by atoms with van der Waals surface area (Å²) in [5, 5.41) is 8.82. The van der Waals surface area contributed by atoms with Gasteiger partial charge in [0.05, 0.1) is 17.8 Å². The Labute approximate surface area is 108 Å². The number of nitrogens with zero attached hydrogens (tertiary/aromatic N) is 3. The van der Waals surface area contributed by atoms with Gasteiger partial charge in [0.1, 0.15) is 5.75 Å². The van der Waals surface area contributed by atoms with Crippen LogP contribution in [0.5, 0.6) is 11.6 Å². The van der Waals surface area contributed by atoms with Crippen molar-refractivity contribution in [2.45, 2.75) is 6.92 Å². The summed E-state index contributed by atoms with van der Waals surface area (Å²) in [6, 6.07) is 6.83. The van der Waals surface area contributed by atoms with Crippen LogP contribution in [0.3, 0.4) is 0 Å². The van der Waals surface area contributed by atoms with Crippen LogP contribution in [0.25, 0.3) is 0 Å². The summed E-state index contributed by atoms with van der Waals surface area (Å²) in [4.78, 5) is 7.36. The summed E-state index contributed by atoms with van der Waals surface area (Å²) in [7, 11) is 0. The van der Waals surface area contributed by atoms with Gasteiger partial charge in [-0.1, -0.05) is 6.07 Å². The molecule has 0 saturated heterocycles. The van der Waals surface area contributed by atoms with Gasteiger partial charge in [-0.15, -0.1) is 0 Å². The number of halogens is 1. The molecule has 0 bridgehead atoms. The van der Waals surface area contributed by atoms with Gasteiger partial charge in [-0.05, 0) is 24.6 Å². The molecule has 0 radical (unpaired) electrons. The highest BCUT2D eigenvalue weighted by molar-refractivity contribution is 5.43. The third-order valence-electron chi connectivity index (χ3n) is 2.36. The predicted molar refractivity (Wildman–Crippen MR) is 65.8 cm³/mol. The number of nitrogens with two attached hydrogens (primary N) is 1. The molecule has 6 nitrogen and oxygen atoms in total. The number of anilines is 1. The van der Waals surface area contributed by atoms with Crippen LogP contribution in [0.2, 0.25) is 0 Å². The Kier molecular flexibility index (Phi) is 3.54. The average Bonchev–Trinajstić information content (AvgIpc) is 2.43. The molecular weight excluding hydrogens is 249 g/mol. The Hall–Kier alpha value is -2.72. The van der Waals surface area contributed by atoms with Crippen molar-refractivity contribution in [3.8, 4) is 17.7 Å². The molecular formula is C12H10FN5O. The van der Waals surface area contributed by atoms with Crippen molar-refractivity contribution in [2.75, 3.05) is 5.43 Å².